The summed E-state index contributed by atoms with van der Waals surface area (Å²) < 4.78 is 26.1. The fourth-order valence-electron chi connectivity index (χ4n) is 4.19. The number of hydrogen-bond donors (Lipinski definition) is 1. The smallest absolute Gasteiger partial charge is 0.409 e. The number of halogens is 2. The summed E-state index contributed by atoms with van der Waals surface area (Å²) in [7, 11) is 0. The van der Waals surface area contributed by atoms with Crippen molar-refractivity contribution in [2.24, 2.45) is 0 Å². The van der Waals surface area contributed by atoms with Gasteiger partial charge in [0.15, 0.2) is 0 Å². The van der Waals surface area contributed by atoms with Crippen LogP contribution in [0.1, 0.15) is 51.3 Å². The Labute approximate surface area is 185 Å². The molecule has 1 fully saturated rings. The summed E-state index contributed by atoms with van der Waals surface area (Å²) >= 11 is 5.92. The van der Waals surface area contributed by atoms with Gasteiger partial charge < -0.3 is 14.6 Å². The summed E-state index contributed by atoms with van der Waals surface area (Å²) in [5, 5.41) is 19.1. The van der Waals surface area contributed by atoms with Crippen molar-refractivity contribution in [3.8, 4) is 11.8 Å². The molecule has 8 heteroatoms. The molecule has 1 saturated heterocycles. The van der Waals surface area contributed by atoms with Crippen LogP contribution in [0.2, 0.25) is 5.02 Å². The maximum Gasteiger partial charge on any atom is 0.409 e. The molecule has 1 heterocycles. The number of rotatable bonds is 5. The lowest BCUT2D eigenvalue weighted by molar-refractivity contribution is -0.0970. The maximum atomic E-state index is 13.8. The van der Waals surface area contributed by atoms with E-state index in [0.717, 1.165) is 11.6 Å². The van der Waals surface area contributed by atoms with E-state index in [9.17, 15) is 19.6 Å². The molecule has 1 amide bonds. The summed E-state index contributed by atoms with van der Waals surface area (Å²) in [6.45, 7) is 7.07. The number of nitriles is 1. The number of benzene rings is 2. The fraction of sp³-hybridized carbons (Fsp3) is 0.391. The molecule has 2 aromatic carbocycles. The van der Waals surface area contributed by atoms with Crippen molar-refractivity contribution in [1.82, 2.24) is 4.90 Å². The molecule has 0 saturated carbocycles. The van der Waals surface area contributed by atoms with Gasteiger partial charge in [-0.1, -0.05) is 41.9 Å². The predicted molar refractivity (Wildman–Crippen MR) is 113 cm³/mol. The first-order valence-electron chi connectivity index (χ1n) is 9.79. The topological polar surface area (TPSA) is 82.8 Å². The zero-order valence-corrected chi connectivity index (χ0v) is 18.5. The van der Waals surface area contributed by atoms with Gasteiger partial charge in [0, 0.05) is 12.5 Å². The number of carbonyl (C=O) groups is 1. The van der Waals surface area contributed by atoms with Crippen LogP contribution in [0.25, 0.3) is 0 Å². The summed E-state index contributed by atoms with van der Waals surface area (Å²) in [6, 6.07) is 12.9. The van der Waals surface area contributed by atoms with Gasteiger partial charge in [0.1, 0.15) is 29.5 Å². The van der Waals surface area contributed by atoms with Crippen LogP contribution in [0.3, 0.4) is 0 Å². The predicted octanol–water partition coefficient (Wildman–Crippen LogP) is 5.75. The second-order valence-corrected chi connectivity index (χ2v) is 8.85. The van der Waals surface area contributed by atoms with Gasteiger partial charge in [0.2, 0.25) is 0 Å². The Morgan fingerprint density at radius 3 is 2.55 bits per heavy atom. The lowest BCUT2D eigenvalue weighted by Gasteiger charge is -2.34. The first-order valence-corrected chi connectivity index (χ1v) is 10.2. The van der Waals surface area contributed by atoms with Gasteiger partial charge in [-0.25, -0.2) is 9.18 Å². The van der Waals surface area contributed by atoms with Gasteiger partial charge in [-0.05, 0) is 39.3 Å². The summed E-state index contributed by atoms with van der Waals surface area (Å²) in [5.41, 5.74) is -1.05. The molecule has 6 nitrogen and oxygen atoms in total. The van der Waals surface area contributed by atoms with Crippen LogP contribution in [0.4, 0.5) is 9.18 Å². The molecule has 1 N–H and O–H groups in total. The Balaban J connectivity index is 2.03. The van der Waals surface area contributed by atoms with Gasteiger partial charge in [-0.15, -0.1) is 0 Å². The third-order valence-corrected chi connectivity index (χ3v) is 5.72. The minimum absolute atomic E-state index is 0.000170. The average Bonchev–Trinajstić information content (AvgIpc) is 2.87. The minimum atomic E-state index is -1.10. The number of hydrogen-bond acceptors (Lipinski definition) is 4. The molecule has 0 spiro atoms. The highest BCUT2D eigenvalue weighted by Gasteiger charge is 2.55. The SMILES string of the molecule is CC1(C)OC(C)(C)N(C(=O)O)[C@H]1C[C@@H](Oc1cc(Cl)c(F)cc1C#N)c1ccccc1. The molecule has 0 aromatic heterocycles. The van der Waals surface area contributed by atoms with E-state index in [2.05, 4.69) is 0 Å². The van der Waals surface area contributed by atoms with Crippen molar-refractivity contribution in [2.45, 2.75) is 57.6 Å². The Morgan fingerprint density at radius 2 is 1.97 bits per heavy atom. The van der Waals surface area contributed by atoms with E-state index >= 15 is 0 Å². The molecule has 3 rings (SSSR count). The molecule has 2 atom stereocenters. The van der Waals surface area contributed by atoms with Crippen LogP contribution >= 0.6 is 11.6 Å². The largest absolute Gasteiger partial charge is 0.484 e. The zero-order chi connectivity index (χ0) is 23.0. The first kappa shape index (κ1) is 22.9. The van der Waals surface area contributed by atoms with E-state index in [1.807, 2.05) is 50.2 Å². The summed E-state index contributed by atoms with van der Waals surface area (Å²) in [4.78, 5) is 13.4. The molecular formula is C23H24ClFN2O4. The van der Waals surface area contributed by atoms with Crippen LogP contribution in [-0.4, -0.2) is 33.5 Å². The number of ether oxygens (including phenoxy) is 2. The average molecular weight is 447 g/mol. The van der Waals surface area contributed by atoms with E-state index in [-0.39, 0.29) is 22.8 Å². The minimum Gasteiger partial charge on any atom is -0.484 e. The molecule has 0 radical (unpaired) electrons. The molecular weight excluding hydrogens is 423 g/mol. The summed E-state index contributed by atoms with van der Waals surface area (Å²) in [6.07, 6.45) is -1.50. The molecule has 164 valence electrons. The van der Waals surface area contributed by atoms with Gasteiger partial charge >= 0.3 is 6.09 Å². The zero-order valence-electron chi connectivity index (χ0n) is 17.7. The number of carboxylic acid groups (broad SMARTS) is 1. The molecule has 0 aliphatic carbocycles. The quantitative estimate of drug-likeness (QED) is 0.631. The van der Waals surface area contributed by atoms with E-state index in [1.165, 1.54) is 11.0 Å². The Bertz CT molecular complexity index is 1020. The van der Waals surface area contributed by atoms with Gasteiger partial charge in [-0.3, -0.25) is 4.90 Å². The van der Waals surface area contributed by atoms with Crippen molar-refractivity contribution in [1.29, 1.82) is 5.26 Å². The second kappa shape index (κ2) is 8.37. The molecule has 1 aliphatic heterocycles. The third-order valence-electron chi connectivity index (χ3n) is 5.43. The van der Waals surface area contributed by atoms with Crippen LogP contribution in [0.5, 0.6) is 5.75 Å². The molecule has 1 aliphatic rings. The van der Waals surface area contributed by atoms with Crippen molar-refractivity contribution >= 4 is 17.7 Å². The Morgan fingerprint density at radius 1 is 1.32 bits per heavy atom. The Hall–Kier alpha value is -2.82. The van der Waals surface area contributed by atoms with Crippen molar-refractivity contribution in [3.05, 3.63) is 64.4 Å². The molecule has 0 unspecified atom stereocenters. The molecule has 2 aromatic rings. The lowest BCUT2D eigenvalue weighted by atomic mass is 9.90. The highest BCUT2D eigenvalue weighted by molar-refractivity contribution is 6.30. The fourth-order valence-corrected chi connectivity index (χ4v) is 4.34. The summed E-state index contributed by atoms with van der Waals surface area (Å²) in [5.74, 6) is -0.591. The second-order valence-electron chi connectivity index (χ2n) is 8.45. The number of nitrogens with zero attached hydrogens (tertiary/aromatic N) is 2. The molecule has 31 heavy (non-hydrogen) atoms. The van der Waals surface area contributed by atoms with Crippen LogP contribution in [0, 0.1) is 17.1 Å². The van der Waals surface area contributed by atoms with Crippen molar-refractivity contribution in [3.63, 3.8) is 0 Å². The highest BCUT2D eigenvalue weighted by Crippen LogP contribution is 2.43. The standard InChI is InChI=1S/C23H24ClFN2O4/c1-22(2)20(27(21(28)29)23(3,4)31-22)12-19(14-8-6-5-7-9-14)30-18-11-16(24)17(25)10-15(18)13-26/h5-11,19-20H,12H2,1-4H3,(H,28,29)/t19-,20+/m1/s1. The third kappa shape index (κ3) is 4.60. The normalized spacial score (nSPS) is 20.2. The monoisotopic (exact) mass is 446 g/mol. The first-order chi connectivity index (χ1) is 14.5. The van der Waals surface area contributed by atoms with Gasteiger partial charge in [0.05, 0.1) is 22.2 Å². The number of amides is 1. The van der Waals surface area contributed by atoms with Crippen LogP contribution < -0.4 is 4.74 Å². The molecule has 0 bridgehead atoms. The van der Waals surface area contributed by atoms with Crippen molar-refractivity contribution in [2.75, 3.05) is 0 Å². The van der Waals surface area contributed by atoms with E-state index in [1.54, 1.807) is 13.8 Å². The van der Waals surface area contributed by atoms with Crippen molar-refractivity contribution < 1.29 is 23.8 Å². The Kier molecular flexibility index (Phi) is 6.17. The maximum absolute atomic E-state index is 13.8. The van der Waals surface area contributed by atoms with E-state index < -0.39 is 35.4 Å². The van der Waals surface area contributed by atoms with Gasteiger partial charge in [0.25, 0.3) is 0 Å². The van der Waals surface area contributed by atoms with E-state index in [0.29, 0.717) is 0 Å². The van der Waals surface area contributed by atoms with E-state index in [4.69, 9.17) is 21.1 Å². The highest BCUT2D eigenvalue weighted by atomic mass is 35.5. The lowest BCUT2D eigenvalue weighted by Crippen LogP contribution is -2.49. The van der Waals surface area contributed by atoms with Crippen LogP contribution in [0.15, 0.2) is 42.5 Å². The van der Waals surface area contributed by atoms with Crippen LogP contribution in [-0.2, 0) is 4.74 Å². The van der Waals surface area contributed by atoms with Gasteiger partial charge in [-0.2, -0.15) is 5.26 Å².